The average Bonchev–Trinajstić information content (AvgIpc) is 2.28. The summed E-state index contributed by atoms with van der Waals surface area (Å²) in [4.78, 5) is 0. The van der Waals surface area contributed by atoms with E-state index >= 15 is 0 Å². The molecule has 0 N–H and O–H groups in total. The molecule has 1 atom stereocenters. The Labute approximate surface area is 91.9 Å². The van der Waals surface area contributed by atoms with Gasteiger partial charge < -0.3 is 0 Å². The van der Waals surface area contributed by atoms with E-state index in [1.165, 1.54) is 4.31 Å². The van der Waals surface area contributed by atoms with Crippen LogP contribution in [-0.4, -0.2) is 31.1 Å². The summed E-state index contributed by atoms with van der Waals surface area (Å²) in [6, 6.07) is 2.20. The lowest BCUT2D eigenvalue weighted by atomic mass is 10.0. The van der Waals surface area contributed by atoms with Gasteiger partial charge in [0, 0.05) is 19.0 Å². The molecule has 0 saturated carbocycles. The van der Waals surface area contributed by atoms with Crippen molar-refractivity contribution in [3.63, 3.8) is 0 Å². The third kappa shape index (κ3) is 2.70. The Hall–Kier alpha value is -0.600. The molecule has 1 rings (SSSR count). The summed E-state index contributed by atoms with van der Waals surface area (Å²) in [5.74, 6) is 0.0355. The lowest BCUT2D eigenvalue weighted by molar-refractivity contribution is 0.307. The Morgan fingerprint density at radius 3 is 2.40 bits per heavy atom. The number of hydrogen-bond donors (Lipinski definition) is 0. The van der Waals surface area contributed by atoms with Crippen molar-refractivity contribution < 1.29 is 8.42 Å². The summed E-state index contributed by atoms with van der Waals surface area (Å²) in [6.45, 7) is 4.63. The zero-order valence-corrected chi connectivity index (χ0v) is 10.1. The van der Waals surface area contributed by atoms with Gasteiger partial charge in [0.1, 0.15) is 0 Å². The zero-order valence-electron chi connectivity index (χ0n) is 9.31. The maximum Gasteiger partial charge on any atom is 0.216 e. The van der Waals surface area contributed by atoms with Gasteiger partial charge >= 0.3 is 0 Å². The molecular formula is C10H18N2O2S. The van der Waals surface area contributed by atoms with Gasteiger partial charge in [-0.1, -0.05) is 6.92 Å². The predicted molar refractivity (Wildman–Crippen MR) is 58.6 cm³/mol. The summed E-state index contributed by atoms with van der Waals surface area (Å²) in [7, 11) is -3.12. The van der Waals surface area contributed by atoms with Gasteiger partial charge in [-0.3, -0.25) is 0 Å². The number of nitriles is 1. The van der Waals surface area contributed by atoms with Crippen molar-refractivity contribution >= 4 is 10.0 Å². The van der Waals surface area contributed by atoms with E-state index in [1.54, 1.807) is 6.92 Å². The summed E-state index contributed by atoms with van der Waals surface area (Å²) < 4.78 is 25.4. The van der Waals surface area contributed by atoms with Crippen LogP contribution in [0.1, 0.15) is 33.1 Å². The standard InChI is InChI=1S/C10H18N2O2S/c1-3-9(2)15(13,14)12-6-4-10(8-11)5-7-12/h9-10H,3-7H2,1-2H3. The fraction of sp³-hybridized carbons (Fsp3) is 0.900. The van der Waals surface area contributed by atoms with Crippen LogP contribution in [-0.2, 0) is 10.0 Å². The molecular weight excluding hydrogens is 212 g/mol. The van der Waals surface area contributed by atoms with E-state index in [1.807, 2.05) is 6.92 Å². The first-order valence-electron chi connectivity index (χ1n) is 5.41. The lowest BCUT2D eigenvalue weighted by Crippen LogP contribution is -2.42. The van der Waals surface area contributed by atoms with Gasteiger partial charge in [0.2, 0.25) is 10.0 Å². The predicted octanol–water partition coefficient (Wildman–Crippen LogP) is 1.35. The van der Waals surface area contributed by atoms with E-state index in [2.05, 4.69) is 6.07 Å². The molecule has 0 amide bonds. The second kappa shape index (κ2) is 4.95. The van der Waals surface area contributed by atoms with Crippen LogP contribution >= 0.6 is 0 Å². The molecule has 5 heteroatoms. The van der Waals surface area contributed by atoms with Gasteiger partial charge in [-0.05, 0) is 26.2 Å². The van der Waals surface area contributed by atoms with Crippen molar-refractivity contribution in [2.75, 3.05) is 13.1 Å². The van der Waals surface area contributed by atoms with E-state index in [0.717, 1.165) is 0 Å². The second-order valence-corrected chi connectivity index (χ2v) is 6.42. The van der Waals surface area contributed by atoms with Crippen LogP contribution in [0.15, 0.2) is 0 Å². The summed E-state index contributed by atoms with van der Waals surface area (Å²) in [5.41, 5.74) is 0. The highest BCUT2D eigenvalue weighted by atomic mass is 32.2. The van der Waals surface area contributed by atoms with Gasteiger partial charge in [-0.15, -0.1) is 0 Å². The van der Waals surface area contributed by atoms with Crippen molar-refractivity contribution in [1.29, 1.82) is 5.26 Å². The Morgan fingerprint density at radius 2 is 2.00 bits per heavy atom. The van der Waals surface area contributed by atoms with Crippen molar-refractivity contribution in [3.05, 3.63) is 0 Å². The average molecular weight is 230 g/mol. The minimum Gasteiger partial charge on any atom is -0.212 e. The summed E-state index contributed by atoms with van der Waals surface area (Å²) >= 11 is 0. The minimum absolute atomic E-state index is 0.0355. The highest BCUT2D eigenvalue weighted by molar-refractivity contribution is 7.89. The van der Waals surface area contributed by atoms with Crippen LogP contribution in [0.4, 0.5) is 0 Å². The van der Waals surface area contributed by atoms with Crippen molar-refractivity contribution in [3.8, 4) is 6.07 Å². The molecule has 1 heterocycles. The first-order valence-corrected chi connectivity index (χ1v) is 6.91. The molecule has 1 aliphatic heterocycles. The molecule has 0 radical (unpaired) electrons. The molecule has 0 aromatic heterocycles. The molecule has 15 heavy (non-hydrogen) atoms. The van der Waals surface area contributed by atoms with Gasteiger partial charge in [0.25, 0.3) is 0 Å². The molecule has 1 unspecified atom stereocenters. The largest absolute Gasteiger partial charge is 0.216 e. The van der Waals surface area contributed by atoms with Crippen LogP contribution in [0.25, 0.3) is 0 Å². The SMILES string of the molecule is CCC(C)S(=O)(=O)N1CCC(C#N)CC1. The fourth-order valence-corrected chi connectivity index (χ4v) is 3.35. The van der Waals surface area contributed by atoms with Gasteiger partial charge in [-0.25, -0.2) is 12.7 Å². The van der Waals surface area contributed by atoms with E-state index in [0.29, 0.717) is 32.4 Å². The number of hydrogen-bond acceptors (Lipinski definition) is 3. The fourth-order valence-electron chi connectivity index (χ4n) is 1.70. The maximum atomic E-state index is 12.0. The van der Waals surface area contributed by atoms with Crippen LogP contribution in [0.5, 0.6) is 0 Å². The van der Waals surface area contributed by atoms with E-state index in [-0.39, 0.29) is 11.2 Å². The molecule has 1 aliphatic rings. The Kier molecular flexibility index (Phi) is 4.12. The molecule has 4 nitrogen and oxygen atoms in total. The van der Waals surface area contributed by atoms with Crippen molar-refractivity contribution in [2.24, 2.45) is 5.92 Å². The molecule has 1 fully saturated rings. The second-order valence-electron chi connectivity index (χ2n) is 4.07. The number of piperidine rings is 1. The van der Waals surface area contributed by atoms with Crippen LogP contribution in [0, 0.1) is 17.2 Å². The number of nitrogens with zero attached hydrogens (tertiary/aromatic N) is 2. The maximum absolute atomic E-state index is 12.0. The lowest BCUT2D eigenvalue weighted by Gasteiger charge is -2.30. The molecule has 0 aromatic carbocycles. The molecule has 0 aliphatic carbocycles. The molecule has 0 aromatic rings. The van der Waals surface area contributed by atoms with Crippen LogP contribution in [0.3, 0.4) is 0 Å². The highest BCUT2D eigenvalue weighted by Crippen LogP contribution is 2.21. The Bertz CT molecular complexity index is 337. The van der Waals surface area contributed by atoms with Gasteiger partial charge in [0.15, 0.2) is 0 Å². The first kappa shape index (κ1) is 12.5. The van der Waals surface area contributed by atoms with E-state index < -0.39 is 10.0 Å². The number of rotatable bonds is 3. The molecule has 0 spiro atoms. The quantitative estimate of drug-likeness (QED) is 0.735. The van der Waals surface area contributed by atoms with Crippen LogP contribution in [0.2, 0.25) is 0 Å². The molecule has 0 bridgehead atoms. The normalized spacial score (nSPS) is 22.2. The third-order valence-electron chi connectivity index (χ3n) is 3.08. The van der Waals surface area contributed by atoms with E-state index in [9.17, 15) is 8.42 Å². The van der Waals surface area contributed by atoms with Crippen LogP contribution < -0.4 is 0 Å². The minimum atomic E-state index is -3.12. The smallest absolute Gasteiger partial charge is 0.212 e. The summed E-state index contributed by atoms with van der Waals surface area (Å²) in [6.07, 6.45) is 1.98. The van der Waals surface area contributed by atoms with Gasteiger partial charge in [0.05, 0.1) is 11.3 Å². The van der Waals surface area contributed by atoms with Crippen molar-refractivity contribution in [1.82, 2.24) is 4.31 Å². The monoisotopic (exact) mass is 230 g/mol. The highest BCUT2D eigenvalue weighted by Gasteiger charge is 2.31. The molecule has 86 valence electrons. The van der Waals surface area contributed by atoms with Crippen molar-refractivity contribution in [2.45, 2.75) is 38.4 Å². The molecule has 1 saturated heterocycles. The topological polar surface area (TPSA) is 61.2 Å². The van der Waals surface area contributed by atoms with Gasteiger partial charge in [-0.2, -0.15) is 5.26 Å². The first-order chi connectivity index (χ1) is 7.02. The zero-order chi connectivity index (χ0) is 11.5. The Morgan fingerprint density at radius 1 is 1.47 bits per heavy atom. The van der Waals surface area contributed by atoms with E-state index in [4.69, 9.17) is 5.26 Å². The number of sulfonamides is 1. The third-order valence-corrected chi connectivity index (χ3v) is 5.51. The Balaban J connectivity index is 2.65. The summed E-state index contributed by atoms with van der Waals surface area (Å²) in [5, 5.41) is 8.41.